The molecule has 25 heavy (non-hydrogen) atoms. The number of thiophene rings is 2. The summed E-state index contributed by atoms with van der Waals surface area (Å²) >= 11 is 8.57. The molecule has 3 rings (SSSR count). The van der Waals surface area contributed by atoms with Crippen molar-refractivity contribution in [3.63, 3.8) is 0 Å². The van der Waals surface area contributed by atoms with Crippen LogP contribution in [0.3, 0.4) is 0 Å². The number of carbonyl (C=O) groups is 2. The van der Waals surface area contributed by atoms with E-state index in [9.17, 15) is 9.59 Å². The van der Waals surface area contributed by atoms with E-state index in [1.165, 1.54) is 22.7 Å². The van der Waals surface area contributed by atoms with Gasteiger partial charge in [-0.15, -0.1) is 22.7 Å². The molecule has 0 spiro atoms. The molecule has 0 saturated heterocycles. The van der Waals surface area contributed by atoms with Crippen molar-refractivity contribution in [3.8, 4) is 11.1 Å². The van der Waals surface area contributed by atoms with Gasteiger partial charge in [0.25, 0.3) is 5.91 Å². The van der Waals surface area contributed by atoms with Crippen molar-refractivity contribution in [1.29, 1.82) is 0 Å². The van der Waals surface area contributed by atoms with Crippen LogP contribution in [0.15, 0.2) is 47.2 Å². The molecule has 3 aromatic rings. The smallest absolute Gasteiger partial charge is 0.341 e. The van der Waals surface area contributed by atoms with E-state index >= 15 is 0 Å². The summed E-state index contributed by atoms with van der Waals surface area (Å²) in [7, 11) is 0. The standard InChI is InChI=1S/C18H14ClNO3S2/c1-2-23-18(22)15-13(11-5-7-12(19)8-6-11)10-25-17(15)20-16(21)14-4-3-9-24-14/h3-10H,2H2,1H3,(H,20,21). The third kappa shape index (κ3) is 3.92. The lowest BCUT2D eigenvalue weighted by Crippen LogP contribution is -2.13. The topological polar surface area (TPSA) is 55.4 Å². The molecule has 0 radical (unpaired) electrons. The van der Waals surface area contributed by atoms with Crippen LogP contribution in [0.1, 0.15) is 27.0 Å². The molecular weight excluding hydrogens is 378 g/mol. The first-order chi connectivity index (χ1) is 12.1. The largest absolute Gasteiger partial charge is 0.462 e. The molecule has 0 aliphatic rings. The van der Waals surface area contributed by atoms with Crippen LogP contribution in [0.5, 0.6) is 0 Å². The maximum absolute atomic E-state index is 12.5. The Balaban J connectivity index is 1.99. The molecule has 0 aliphatic heterocycles. The van der Waals surface area contributed by atoms with E-state index in [-0.39, 0.29) is 12.5 Å². The lowest BCUT2D eigenvalue weighted by atomic mass is 10.0. The third-order valence-electron chi connectivity index (χ3n) is 3.40. The summed E-state index contributed by atoms with van der Waals surface area (Å²) in [5.74, 6) is -0.708. The lowest BCUT2D eigenvalue weighted by molar-refractivity contribution is 0.0529. The summed E-state index contributed by atoms with van der Waals surface area (Å²) in [6.45, 7) is 2.00. The lowest BCUT2D eigenvalue weighted by Gasteiger charge is -2.08. The molecule has 1 N–H and O–H groups in total. The zero-order valence-electron chi connectivity index (χ0n) is 13.2. The van der Waals surface area contributed by atoms with Crippen molar-refractivity contribution in [1.82, 2.24) is 0 Å². The Bertz CT molecular complexity index is 886. The summed E-state index contributed by atoms with van der Waals surface area (Å²) in [5, 5.41) is 7.57. The van der Waals surface area contributed by atoms with Gasteiger partial charge in [0.1, 0.15) is 10.6 Å². The van der Waals surface area contributed by atoms with Crippen molar-refractivity contribution >= 4 is 51.2 Å². The van der Waals surface area contributed by atoms with Crippen LogP contribution in [0.2, 0.25) is 5.02 Å². The second kappa shape index (κ2) is 7.82. The van der Waals surface area contributed by atoms with Gasteiger partial charge in [0, 0.05) is 16.0 Å². The molecule has 0 saturated carbocycles. The molecule has 2 heterocycles. The van der Waals surface area contributed by atoms with Crippen molar-refractivity contribution < 1.29 is 14.3 Å². The number of carbonyl (C=O) groups excluding carboxylic acids is 2. The summed E-state index contributed by atoms with van der Waals surface area (Å²) in [4.78, 5) is 25.4. The highest BCUT2D eigenvalue weighted by molar-refractivity contribution is 7.15. The molecule has 0 unspecified atom stereocenters. The Kier molecular flexibility index (Phi) is 5.53. The van der Waals surface area contributed by atoms with E-state index in [0.717, 1.165) is 5.56 Å². The van der Waals surface area contributed by atoms with Crippen LogP contribution in [-0.2, 0) is 4.74 Å². The number of benzene rings is 1. The van der Waals surface area contributed by atoms with Gasteiger partial charge in [0.2, 0.25) is 0 Å². The summed E-state index contributed by atoms with van der Waals surface area (Å²) < 4.78 is 5.18. The Morgan fingerprint density at radius 1 is 1.16 bits per heavy atom. The number of halogens is 1. The third-order valence-corrected chi connectivity index (χ3v) is 5.41. The SMILES string of the molecule is CCOC(=O)c1c(-c2ccc(Cl)cc2)csc1NC(=O)c1cccs1. The molecular formula is C18H14ClNO3S2. The van der Waals surface area contributed by atoms with Gasteiger partial charge in [0.15, 0.2) is 0 Å². The van der Waals surface area contributed by atoms with Crippen LogP contribution in [0.4, 0.5) is 5.00 Å². The number of hydrogen-bond acceptors (Lipinski definition) is 5. The predicted octanol–water partition coefficient (Wildman–Crippen LogP) is 5.56. The molecule has 0 fully saturated rings. The normalized spacial score (nSPS) is 10.5. The first-order valence-corrected chi connectivity index (χ1v) is 9.63. The molecule has 0 atom stereocenters. The van der Waals surface area contributed by atoms with E-state index in [1.807, 2.05) is 22.9 Å². The fourth-order valence-electron chi connectivity index (χ4n) is 2.27. The van der Waals surface area contributed by atoms with Crippen LogP contribution in [-0.4, -0.2) is 18.5 Å². The van der Waals surface area contributed by atoms with Gasteiger partial charge < -0.3 is 10.1 Å². The fourth-order valence-corrected chi connectivity index (χ4v) is 3.97. The van der Waals surface area contributed by atoms with Gasteiger partial charge in [0.05, 0.1) is 11.5 Å². The Morgan fingerprint density at radius 2 is 1.92 bits per heavy atom. The highest BCUT2D eigenvalue weighted by Gasteiger charge is 2.23. The highest BCUT2D eigenvalue weighted by Crippen LogP contribution is 2.37. The first kappa shape index (κ1) is 17.7. The van der Waals surface area contributed by atoms with Crippen molar-refractivity contribution in [3.05, 3.63) is 62.6 Å². The monoisotopic (exact) mass is 391 g/mol. The van der Waals surface area contributed by atoms with E-state index in [4.69, 9.17) is 16.3 Å². The molecule has 1 amide bonds. The minimum absolute atomic E-state index is 0.245. The van der Waals surface area contributed by atoms with Crippen molar-refractivity contribution in [2.45, 2.75) is 6.92 Å². The van der Waals surface area contributed by atoms with Gasteiger partial charge in [-0.25, -0.2) is 4.79 Å². The van der Waals surface area contributed by atoms with Crippen LogP contribution < -0.4 is 5.32 Å². The van der Waals surface area contributed by atoms with Gasteiger partial charge in [-0.2, -0.15) is 0 Å². The van der Waals surface area contributed by atoms with Crippen LogP contribution in [0, 0.1) is 0 Å². The zero-order valence-corrected chi connectivity index (χ0v) is 15.6. The maximum atomic E-state index is 12.5. The molecule has 1 aromatic carbocycles. The molecule has 128 valence electrons. The zero-order chi connectivity index (χ0) is 17.8. The van der Waals surface area contributed by atoms with Crippen molar-refractivity contribution in [2.24, 2.45) is 0 Å². The van der Waals surface area contributed by atoms with Gasteiger partial charge in [-0.1, -0.05) is 29.8 Å². The van der Waals surface area contributed by atoms with E-state index in [0.29, 0.717) is 26.0 Å². The number of amides is 1. The summed E-state index contributed by atoms with van der Waals surface area (Å²) in [6, 6.07) is 10.7. The summed E-state index contributed by atoms with van der Waals surface area (Å²) in [5.41, 5.74) is 1.90. The Labute approximate surface area is 158 Å². The molecule has 0 bridgehead atoms. The quantitative estimate of drug-likeness (QED) is 0.579. The summed E-state index contributed by atoms with van der Waals surface area (Å²) in [6.07, 6.45) is 0. The number of anilines is 1. The minimum atomic E-state index is -0.463. The predicted molar refractivity (Wildman–Crippen MR) is 103 cm³/mol. The second-order valence-electron chi connectivity index (χ2n) is 5.01. The highest BCUT2D eigenvalue weighted by atomic mass is 35.5. The molecule has 4 nitrogen and oxygen atoms in total. The number of nitrogens with one attached hydrogen (secondary N) is 1. The molecule has 0 aliphatic carbocycles. The first-order valence-electron chi connectivity index (χ1n) is 7.49. The fraction of sp³-hybridized carbons (Fsp3) is 0.111. The van der Waals surface area contributed by atoms with E-state index in [1.54, 1.807) is 31.2 Å². The van der Waals surface area contributed by atoms with Crippen LogP contribution in [0.25, 0.3) is 11.1 Å². The second-order valence-corrected chi connectivity index (χ2v) is 7.28. The van der Waals surface area contributed by atoms with Gasteiger partial charge >= 0.3 is 5.97 Å². The maximum Gasteiger partial charge on any atom is 0.341 e. The molecule has 7 heteroatoms. The van der Waals surface area contributed by atoms with Crippen molar-refractivity contribution in [2.75, 3.05) is 11.9 Å². The Morgan fingerprint density at radius 3 is 2.56 bits per heavy atom. The Hall–Kier alpha value is -2.15. The van der Waals surface area contributed by atoms with Crippen LogP contribution >= 0.6 is 34.3 Å². The van der Waals surface area contributed by atoms with Gasteiger partial charge in [-0.05, 0) is 36.1 Å². The van der Waals surface area contributed by atoms with Gasteiger partial charge in [-0.3, -0.25) is 4.79 Å². The number of ether oxygens (including phenoxy) is 1. The van der Waals surface area contributed by atoms with E-state index in [2.05, 4.69) is 5.32 Å². The minimum Gasteiger partial charge on any atom is -0.462 e. The average molecular weight is 392 g/mol. The number of rotatable bonds is 5. The molecule has 2 aromatic heterocycles. The average Bonchev–Trinajstić information content (AvgIpc) is 3.25. The number of esters is 1. The number of hydrogen-bond donors (Lipinski definition) is 1. The van der Waals surface area contributed by atoms with E-state index < -0.39 is 5.97 Å².